The van der Waals surface area contributed by atoms with Gasteiger partial charge in [-0.3, -0.25) is 9.59 Å². The lowest BCUT2D eigenvalue weighted by molar-refractivity contribution is -0.143. The minimum atomic E-state index is -1.09. The van der Waals surface area contributed by atoms with Gasteiger partial charge < -0.3 is 14.7 Å². The molecule has 1 saturated heterocycles. The van der Waals surface area contributed by atoms with E-state index in [1.165, 1.54) is 11.0 Å². The topological polar surface area (TPSA) is 66.8 Å². The van der Waals surface area contributed by atoms with E-state index >= 15 is 0 Å². The summed E-state index contributed by atoms with van der Waals surface area (Å²) in [6.07, 6.45) is -1.09. The van der Waals surface area contributed by atoms with Crippen molar-refractivity contribution in [2.75, 3.05) is 13.1 Å². The van der Waals surface area contributed by atoms with Gasteiger partial charge in [0.1, 0.15) is 5.75 Å². The highest BCUT2D eigenvalue weighted by atomic mass is 19.2. The Balaban J connectivity index is 1.87. The minimum Gasteiger partial charge on any atom is -0.481 e. The van der Waals surface area contributed by atoms with Crippen LogP contribution in [-0.2, 0) is 9.59 Å². The molecule has 3 atom stereocenters. The summed E-state index contributed by atoms with van der Waals surface area (Å²) in [5.74, 6) is -4.27. The summed E-state index contributed by atoms with van der Waals surface area (Å²) in [4.78, 5) is 25.8. The van der Waals surface area contributed by atoms with Gasteiger partial charge in [-0.2, -0.15) is 0 Å². The van der Waals surface area contributed by atoms with Crippen LogP contribution < -0.4 is 4.74 Å². The second-order valence-corrected chi connectivity index (χ2v) is 6.65. The molecule has 1 heterocycles. The van der Waals surface area contributed by atoms with E-state index in [-0.39, 0.29) is 18.2 Å². The molecule has 0 spiro atoms. The van der Waals surface area contributed by atoms with Gasteiger partial charge in [-0.15, -0.1) is 0 Å². The molecule has 0 radical (unpaired) electrons. The maximum atomic E-state index is 13.5. The lowest BCUT2D eigenvalue weighted by Crippen LogP contribution is -2.36. The number of carboxylic acid groups (broad SMARTS) is 1. The van der Waals surface area contributed by atoms with Crippen molar-refractivity contribution in [3.63, 3.8) is 0 Å². The number of carboxylic acids is 1. The Morgan fingerprint density at radius 2 is 1.81 bits per heavy atom. The third-order valence-corrected chi connectivity index (χ3v) is 4.71. The first-order valence-electron chi connectivity index (χ1n) is 8.55. The number of hydrogen-bond donors (Lipinski definition) is 1. The van der Waals surface area contributed by atoms with E-state index in [1.54, 1.807) is 37.3 Å². The van der Waals surface area contributed by atoms with Gasteiger partial charge in [0.15, 0.2) is 11.6 Å². The zero-order valence-electron chi connectivity index (χ0n) is 14.6. The average Bonchev–Trinajstić information content (AvgIpc) is 3.05. The SMILES string of the molecule is C[C@@H]1CN(C(=O)C(Oc2ccc(F)c(F)c2)c2ccccc2)C[C@H]1C(=O)O. The lowest BCUT2D eigenvalue weighted by atomic mass is 9.99. The number of ether oxygens (including phenoxy) is 1. The zero-order chi connectivity index (χ0) is 19.6. The predicted octanol–water partition coefficient (Wildman–Crippen LogP) is 3.26. The highest BCUT2D eigenvalue weighted by Gasteiger charge is 2.40. The van der Waals surface area contributed by atoms with Crippen LogP contribution >= 0.6 is 0 Å². The van der Waals surface area contributed by atoms with Crippen molar-refractivity contribution in [3.8, 4) is 5.75 Å². The normalized spacial score (nSPS) is 20.3. The van der Waals surface area contributed by atoms with Crippen molar-refractivity contribution < 1.29 is 28.2 Å². The molecule has 7 heteroatoms. The van der Waals surface area contributed by atoms with Crippen LogP contribution in [0.4, 0.5) is 8.78 Å². The summed E-state index contributed by atoms with van der Waals surface area (Å²) in [5.41, 5.74) is 0.540. The van der Waals surface area contributed by atoms with E-state index in [0.29, 0.717) is 12.1 Å². The smallest absolute Gasteiger partial charge is 0.308 e. The van der Waals surface area contributed by atoms with E-state index in [2.05, 4.69) is 0 Å². The van der Waals surface area contributed by atoms with E-state index < -0.39 is 35.5 Å². The van der Waals surface area contributed by atoms with E-state index in [1.807, 2.05) is 0 Å². The number of hydrogen-bond acceptors (Lipinski definition) is 3. The Bertz CT molecular complexity index is 843. The molecular formula is C20H19F2NO4. The summed E-state index contributed by atoms with van der Waals surface area (Å²) < 4.78 is 32.4. The molecule has 0 aliphatic carbocycles. The molecule has 1 amide bonds. The van der Waals surface area contributed by atoms with Crippen LogP contribution in [0.15, 0.2) is 48.5 Å². The Morgan fingerprint density at radius 3 is 2.41 bits per heavy atom. The van der Waals surface area contributed by atoms with Crippen molar-refractivity contribution in [1.82, 2.24) is 4.90 Å². The first-order chi connectivity index (χ1) is 12.9. The van der Waals surface area contributed by atoms with Crippen LogP contribution in [0.3, 0.4) is 0 Å². The Labute approximate surface area is 155 Å². The Hall–Kier alpha value is -2.96. The first kappa shape index (κ1) is 18.8. The van der Waals surface area contributed by atoms with Crippen LogP contribution in [0.25, 0.3) is 0 Å². The van der Waals surface area contributed by atoms with Crippen molar-refractivity contribution >= 4 is 11.9 Å². The number of halogens is 2. The number of carbonyl (C=O) groups excluding carboxylic acids is 1. The molecule has 0 bridgehead atoms. The van der Waals surface area contributed by atoms with Gasteiger partial charge in [0.25, 0.3) is 5.91 Å². The summed E-state index contributed by atoms with van der Waals surface area (Å²) in [6.45, 7) is 2.15. The maximum Gasteiger partial charge on any atom is 0.308 e. The molecule has 1 aliphatic heterocycles. The molecule has 1 aliphatic rings. The number of likely N-dealkylation sites (tertiary alicyclic amines) is 1. The molecule has 1 N–H and O–H groups in total. The third-order valence-electron chi connectivity index (χ3n) is 4.71. The van der Waals surface area contributed by atoms with Crippen molar-refractivity contribution in [2.45, 2.75) is 13.0 Å². The molecule has 5 nitrogen and oxygen atoms in total. The molecule has 142 valence electrons. The predicted molar refractivity (Wildman–Crippen MR) is 93.0 cm³/mol. The highest BCUT2D eigenvalue weighted by molar-refractivity contribution is 5.84. The molecule has 0 aromatic heterocycles. The molecule has 0 saturated carbocycles. The summed E-state index contributed by atoms with van der Waals surface area (Å²) >= 11 is 0. The largest absolute Gasteiger partial charge is 0.481 e. The number of benzene rings is 2. The van der Waals surface area contributed by atoms with Gasteiger partial charge in [-0.1, -0.05) is 37.3 Å². The molecular weight excluding hydrogens is 356 g/mol. The monoisotopic (exact) mass is 375 g/mol. The summed E-state index contributed by atoms with van der Waals surface area (Å²) in [5, 5.41) is 9.28. The molecule has 27 heavy (non-hydrogen) atoms. The number of nitrogens with zero attached hydrogens (tertiary/aromatic N) is 1. The number of aliphatic carboxylic acids is 1. The fourth-order valence-corrected chi connectivity index (χ4v) is 3.21. The van der Waals surface area contributed by atoms with E-state index in [9.17, 15) is 23.5 Å². The van der Waals surface area contributed by atoms with Gasteiger partial charge in [0.05, 0.1) is 5.92 Å². The molecule has 2 aromatic carbocycles. The van der Waals surface area contributed by atoms with Crippen LogP contribution in [0, 0.1) is 23.5 Å². The van der Waals surface area contributed by atoms with Gasteiger partial charge >= 0.3 is 5.97 Å². The molecule has 1 fully saturated rings. The highest BCUT2D eigenvalue weighted by Crippen LogP contribution is 2.30. The fraction of sp³-hybridized carbons (Fsp3) is 0.300. The van der Waals surface area contributed by atoms with Gasteiger partial charge in [-0.05, 0) is 18.1 Å². The molecule has 1 unspecified atom stereocenters. The van der Waals surface area contributed by atoms with Gasteiger partial charge in [0.2, 0.25) is 6.10 Å². The van der Waals surface area contributed by atoms with Crippen molar-refractivity contribution in [1.29, 1.82) is 0 Å². The molecule has 3 rings (SSSR count). The van der Waals surface area contributed by atoms with Crippen LogP contribution in [-0.4, -0.2) is 35.0 Å². The average molecular weight is 375 g/mol. The quantitative estimate of drug-likeness (QED) is 0.871. The number of amides is 1. The third kappa shape index (κ3) is 4.07. The fourth-order valence-electron chi connectivity index (χ4n) is 3.21. The lowest BCUT2D eigenvalue weighted by Gasteiger charge is -2.24. The Kier molecular flexibility index (Phi) is 5.39. The van der Waals surface area contributed by atoms with Gasteiger partial charge in [-0.25, -0.2) is 8.78 Å². The van der Waals surface area contributed by atoms with E-state index in [4.69, 9.17) is 4.74 Å². The van der Waals surface area contributed by atoms with Crippen molar-refractivity contribution in [3.05, 3.63) is 65.7 Å². The molecule has 2 aromatic rings. The second-order valence-electron chi connectivity index (χ2n) is 6.65. The van der Waals surface area contributed by atoms with E-state index in [0.717, 1.165) is 12.1 Å². The summed E-state index contributed by atoms with van der Waals surface area (Å²) in [7, 11) is 0. The number of carbonyl (C=O) groups is 2. The summed E-state index contributed by atoms with van der Waals surface area (Å²) in [6, 6.07) is 11.7. The van der Waals surface area contributed by atoms with Crippen LogP contribution in [0.1, 0.15) is 18.6 Å². The van der Waals surface area contributed by atoms with Gasteiger partial charge in [0, 0.05) is 24.7 Å². The van der Waals surface area contributed by atoms with Crippen LogP contribution in [0.2, 0.25) is 0 Å². The first-order valence-corrected chi connectivity index (χ1v) is 8.55. The zero-order valence-corrected chi connectivity index (χ0v) is 14.6. The minimum absolute atomic E-state index is 0.0122. The standard InChI is InChI=1S/C20H19F2NO4/c1-12-10-23(11-15(12)20(25)26)19(24)18(13-5-3-2-4-6-13)27-14-7-8-16(21)17(22)9-14/h2-9,12,15,18H,10-11H2,1H3,(H,25,26)/t12-,15-,18?/m1/s1. The Morgan fingerprint density at radius 1 is 1.11 bits per heavy atom. The maximum absolute atomic E-state index is 13.5. The van der Waals surface area contributed by atoms with Crippen molar-refractivity contribution in [2.24, 2.45) is 11.8 Å². The second kappa shape index (κ2) is 7.73. The number of rotatable bonds is 5. The van der Waals surface area contributed by atoms with Crippen LogP contribution in [0.5, 0.6) is 5.75 Å².